The van der Waals surface area contributed by atoms with Crippen molar-refractivity contribution in [2.75, 3.05) is 19.6 Å². The van der Waals surface area contributed by atoms with Gasteiger partial charge in [0, 0.05) is 14.2 Å². The SMILES string of the molecule is CC[C@@H](Nn1cnnc1)C(OC)OC. The number of nitrogens with zero attached hydrogens (tertiary/aromatic N) is 3. The minimum absolute atomic E-state index is 0.0704. The average molecular weight is 200 g/mol. The molecule has 0 saturated carbocycles. The van der Waals surface area contributed by atoms with Crippen LogP contribution in [0.2, 0.25) is 0 Å². The molecule has 6 nitrogen and oxygen atoms in total. The Morgan fingerprint density at radius 2 is 1.86 bits per heavy atom. The van der Waals surface area contributed by atoms with Crippen LogP contribution in [-0.2, 0) is 9.47 Å². The van der Waals surface area contributed by atoms with Crippen LogP contribution in [0.1, 0.15) is 13.3 Å². The summed E-state index contributed by atoms with van der Waals surface area (Å²) in [5.41, 5.74) is 3.15. The van der Waals surface area contributed by atoms with E-state index in [1.165, 1.54) is 0 Å². The molecule has 1 heterocycles. The Balaban J connectivity index is 2.53. The summed E-state index contributed by atoms with van der Waals surface area (Å²) in [5, 5.41) is 7.38. The van der Waals surface area contributed by atoms with Gasteiger partial charge in [-0.25, -0.2) is 4.68 Å². The minimum atomic E-state index is -0.276. The molecule has 14 heavy (non-hydrogen) atoms. The van der Waals surface area contributed by atoms with Crippen LogP contribution in [0.4, 0.5) is 0 Å². The summed E-state index contributed by atoms with van der Waals surface area (Å²) in [6, 6.07) is 0.0704. The second-order valence-electron chi connectivity index (χ2n) is 2.85. The molecule has 0 fully saturated rings. The summed E-state index contributed by atoms with van der Waals surface area (Å²) in [5.74, 6) is 0. The second-order valence-corrected chi connectivity index (χ2v) is 2.85. The topological polar surface area (TPSA) is 61.2 Å². The van der Waals surface area contributed by atoms with Crippen molar-refractivity contribution in [3.05, 3.63) is 12.7 Å². The largest absolute Gasteiger partial charge is 0.354 e. The van der Waals surface area contributed by atoms with Gasteiger partial charge in [-0.2, -0.15) is 0 Å². The normalized spacial score (nSPS) is 13.1. The van der Waals surface area contributed by atoms with Gasteiger partial charge < -0.3 is 14.9 Å². The molecule has 0 spiro atoms. The van der Waals surface area contributed by atoms with E-state index in [1.807, 2.05) is 6.92 Å². The van der Waals surface area contributed by atoms with Gasteiger partial charge in [0.1, 0.15) is 12.7 Å². The minimum Gasteiger partial charge on any atom is -0.354 e. The summed E-state index contributed by atoms with van der Waals surface area (Å²) in [7, 11) is 3.23. The number of hydrogen-bond acceptors (Lipinski definition) is 5. The Labute approximate surface area is 83.2 Å². The van der Waals surface area contributed by atoms with Gasteiger partial charge in [-0.1, -0.05) is 6.92 Å². The van der Waals surface area contributed by atoms with Gasteiger partial charge in [0.15, 0.2) is 6.29 Å². The van der Waals surface area contributed by atoms with E-state index in [1.54, 1.807) is 31.6 Å². The van der Waals surface area contributed by atoms with E-state index in [-0.39, 0.29) is 12.3 Å². The lowest BCUT2D eigenvalue weighted by atomic mass is 10.2. The van der Waals surface area contributed by atoms with E-state index in [2.05, 4.69) is 15.6 Å². The molecule has 1 N–H and O–H groups in total. The highest BCUT2D eigenvalue weighted by atomic mass is 16.7. The first-order valence-corrected chi connectivity index (χ1v) is 4.48. The van der Waals surface area contributed by atoms with Crippen LogP contribution in [0.15, 0.2) is 12.7 Å². The van der Waals surface area contributed by atoms with Gasteiger partial charge in [0.05, 0.1) is 6.04 Å². The van der Waals surface area contributed by atoms with Gasteiger partial charge in [-0.15, -0.1) is 10.2 Å². The van der Waals surface area contributed by atoms with Crippen molar-refractivity contribution < 1.29 is 9.47 Å². The molecule has 6 heteroatoms. The Bertz CT molecular complexity index is 235. The van der Waals surface area contributed by atoms with E-state index in [0.717, 1.165) is 6.42 Å². The van der Waals surface area contributed by atoms with Crippen molar-refractivity contribution >= 4 is 0 Å². The molecule has 0 unspecified atom stereocenters. The van der Waals surface area contributed by atoms with Crippen LogP contribution in [0, 0.1) is 0 Å². The van der Waals surface area contributed by atoms with Gasteiger partial charge in [-0.05, 0) is 6.42 Å². The molecule has 0 aliphatic rings. The highest BCUT2D eigenvalue weighted by Crippen LogP contribution is 2.04. The molecule has 1 aromatic heterocycles. The lowest BCUT2D eigenvalue weighted by Gasteiger charge is -2.25. The second kappa shape index (κ2) is 5.56. The maximum Gasteiger partial charge on any atom is 0.178 e. The molecular weight excluding hydrogens is 184 g/mol. The van der Waals surface area contributed by atoms with Gasteiger partial charge in [0.25, 0.3) is 0 Å². The number of aromatic nitrogens is 3. The fourth-order valence-electron chi connectivity index (χ4n) is 1.23. The van der Waals surface area contributed by atoms with Gasteiger partial charge in [0.2, 0.25) is 0 Å². The predicted octanol–water partition coefficient (Wildman–Crippen LogP) is 0.219. The van der Waals surface area contributed by atoms with Crippen molar-refractivity contribution in [3.8, 4) is 0 Å². The van der Waals surface area contributed by atoms with E-state index in [4.69, 9.17) is 9.47 Å². The lowest BCUT2D eigenvalue weighted by Crippen LogP contribution is -2.39. The van der Waals surface area contributed by atoms with Crippen molar-refractivity contribution in [1.29, 1.82) is 0 Å². The van der Waals surface area contributed by atoms with Crippen LogP contribution in [-0.4, -0.2) is 41.4 Å². The molecule has 0 amide bonds. The third-order valence-corrected chi connectivity index (χ3v) is 1.97. The van der Waals surface area contributed by atoms with E-state index in [0.29, 0.717) is 0 Å². The third kappa shape index (κ3) is 2.68. The number of rotatable bonds is 6. The van der Waals surface area contributed by atoms with Crippen molar-refractivity contribution in [3.63, 3.8) is 0 Å². The Morgan fingerprint density at radius 1 is 1.29 bits per heavy atom. The summed E-state index contributed by atoms with van der Waals surface area (Å²) in [6.07, 6.45) is 3.78. The smallest absolute Gasteiger partial charge is 0.178 e. The summed E-state index contributed by atoms with van der Waals surface area (Å²) >= 11 is 0. The average Bonchev–Trinajstić information content (AvgIpc) is 2.70. The first-order chi connectivity index (χ1) is 6.81. The molecule has 0 aliphatic carbocycles. The van der Waals surface area contributed by atoms with E-state index < -0.39 is 0 Å². The van der Waals surface area contributed by atoms with Crippen molar-refractivity contribution in [2.24, 2.45) is 0 Å². The fourth-order valence-corrected chi connectivity index (χ4v) is 1.23. The molecule has 1 rings (SSSR count). The van der Waals surface area contributed by atoms with E-state index >= 15 is 0 Å². The molecule has 1 atom stereocenters. The number of ether oxygens (including phenoxy) is 2. The highest BCUT2D eigenvalue weighted by molar-refractivity contribution is 4.83. The summed E-state index contributed by atoms with van der Waals surface area (Å²) in [4.78, 5) is 0. The molecule has 1 aromatic rings. The summed E-state index contributed by atoms with van der Waals surface area (Å²) in [6.45, 7) is 2.05. The molecule has 0 saturated heterocycles. The Kier molecular flexibility index (Phi) is 4.34. The van der Waals surface area contributed by atoms with Crippen molar-refractivity contribution in [1.82, 2.24) is 14.9 Å². The van der Waals surface area contributed by atoms with Crippen LogP contribution >= 0.6 is 0 Å². The first-order valence-electron chi connectivity index (χ1n) is 4.48. The number of hydrogen-bond donors (Lipinski definition) is 1. The zero-order valence-corrected chi connectivity index (χ0v) is 8.67. The molecule has 0 bridgehead atoms. The first kappa shape index (κ1) is 10.9. The number of methoxy groups -OCH3 is 2. The monoisotopic (exact) mass is 200 g/mol. The lowest BCUT2D eigenvalue weighted by molar-refractivity contribution is -0.114. The number of nitrogens with one attached hydrogen (secondary N) is 1. The van der Waals surface area contributed by atoms with E-state index in [9.17, 15) is 0 Å². The fraction of sp³-hybridized carbons (Fsp3) is 0.750. The molecular formula is C8H16N4O2. The van der Waals surface area contributed by atoms with Crippen LogP contribution in [0.5, 0.6) is 0 Å². The predicted molar refractivity (Wildman–Crippen MR) is 51.3 cm³/mol. The Morgan fingerprint density at radius 3 is 2.29 bits per heavy atom. The highest BCUT2D eigenvalue weighted by Gasteiger charge is 2.18. The molecule has 80 valence electrons. The zero-order valence-electron chi connectivity index (χ0n) is 8.67. The molecule has 0 aromatic carbocycles. The molecule has 0 radical (unpaired) electrons. The van der Waals surface area contributed by atoms with Crippen LogP contribution in [0.25, 0.3) is 0 Å². The standard InChI is InChI=1S/C8H16N4O2/c1-4-7(8(13-2)14-3)11-12-5-9-10-6-12/h5-8,11H,4H2,1-3H3/t7-/m1/s1. The maximum absolute atomic E-state index is 5.16. The zero-order chi connectivity index (χ0) is 10.4. The third-order valence-electron chi connectivity index (χ3n) is 1.97. The quantitative estimate of drug-likeness (QED) is 0.665. The van der Waals surface area contributed by atoms with Crippen molar-refractivity contribution in [2.45, 2.75) is 25.7 Å². The Hall–Kier alpha value is -1.14. The molecule has 0 aliphatic heterocycles. The summed E-state index contributed by atoms with van der Waals surface area (Å²) < 4.78 is 12.0. The maximum atomic E-state index is 5.16. The van der Waals surface area contributed by atoms with Gasteiger partial charge >= 0.3 is 0 Å². The van der Waals surface area contributed by atoms with Crippen LogP contribution < -0.4 is 5.43 Å². The van der Waals surface area contributed by atoms with Gasteiger partial charge in [-0.3, -0.25) is 0 Å². The van der Waals surface area contributed by atoms with Crippen LogP contribution in [0.3, 0.4) is 0 Å².